The van der Waals surface area contributed by atoms with Crippen molar-refractivity contribution < 1.29 is 9.59 Å². The number of piperidine rings is 1. The van der Waals surface area contributed by atoms with Crippen molar-refractivity contribution in [3.63, 3.8) is 0 Å². The van der Waals surface area contributed by atoms with Crippen LogP contribution in [0.5, 0.6) is 0 Å². The summed E-state index contributed by atoms with van der Waals surface area (Å²) in [5.74, 6) is 1.28. The summed E-state index contributed by atoms with van der Waals surface area (Å²) in [4.78, 5) is 28.4. The topological polar surface area (TPSA) is 40.6 Å². The lowest BCUT2D eigenvalue weighted by atomic mass is 10.0. The molecule has 0 N–H and O–H groups in total. The van der Waals surface area contributed by atoms with Crippen molar-refractivity contribution >= 4 is 29.7 Å². The fourth-order valence-corrected chi connectivity index (χ4v) is 4.95. The van der Waals surface area contributed by atoms with E-state index in [1.54, 1.807) is 6.08 Å². The summed E-state index contributed by atoms with van der Waals surface area (Å²) in [6.07, 6.45) is 5.87. The number of likely N-dealkylation sites (tertiary alicyclic amines) is 1. The Morgan fingerprint density at radius 3 is 2.54 bits per heavy atom. The van der Waals surface area contributed by atoms with Gasteiger partial charge in [-0.3, -0.25) is 9.59 Å². The summed E-state index contributed by atoms with van der Waals surface area (Å²) in [6, 6.07) is 9.90. The molecule has 2 amide bonds. The predicted octanol–water partition coefficient (Wildman–Crippen LogP) is 3.00. The molecular weight excluding hydrogens is 320 g/mol. The first-order valence-electron chi connectivity index (χ1n) is 8.61. The highest BCUT2D eigenvalue weighted by molar-refractivity contribution is 8.00. The van der Waals surface area contributed by atoms with Gasteiger partial charge in [0, 0.05) is 37.9 Å². The van der Waals surface area contributed by atoms with Crippen LogP contribution < -0.4 is 0 Å². The van der Waals surface area contributed by atoms with E-state index in [1.807, 2.05) is 64.9 Å². The number of nitrogens with zero attached hydrogens (tertiary/aromatic N) is 2. The summed E-state index contributed by atoms with van der Waals surface area (Å²) in [6.45, 7) is 4.21. The van der Waals surface area contributed by atoms with Gasteiger partial charge in [0.15, 0.2) is 0 Å². The number of carbonyl (C=O) groups is 2. The van der Waals surface area contributed by atoms with Gasteiger partial charge in [-0.05, 0) is 24.5 Å². The molecule has 24 heavy (non-hydrogen) atoms. The van der Waals surface area contributed by atoms with Gasteiger partial charge in [0.25, 0.3) is 0 Å². The lowest BCUT2D eigenvalue weighted by Crippen LogP contribution is -2.53. The largest absolute Gasteiger partial charge is 0.342 e. The van der Waals surface area contributed by atoms with Crippen LogP contribution in [0.15, 0.2) is 36.4 Å². The second-order valence-electron chi connectivity index (χ2n) is 6.26. The zero-order chi connectivity index (χ0) is 17.0. The van der Waals surface area contributed by atoms with Gasteiger partial charge in [-0.2, -0.15) is 0 Å². The molecule has 0 aliphatic carbocycles. The fourth-order valence-electron chi connectivity index (χ4n) is 3.48. The molecule has 2 aliphatic heterocycles. The lowest BCUT2D eigenvalue weighted by molar-refractivity contribution is -0.134. The number of benzene rings is 1. The van der Waals surface area contributed by atoms with E-state index in [4.69, 9.17) is 0 Å². The highest BCUT2D eigenvalue weighted by Gasteiger charge is 2.46. The Morgan fingerprint density at radius 2 is 1.88 bits per heavy atom. The summed E-state index contributed by atoms with van der Waals surface area (Å²) in [7, 11) is 0. The Balaban J connectivity index is 1.66. The molecule has 1 aromatic rings. The Hall–Kier alpha value is -1.75. The van der Waals surface area contributed by atoms with Crippen LogP contribution in [0.4, 0.5) is 0 Å². The Labute approximate surface area is 147 Å². The number of hydrogen-bond acceptors (Lipinski definition) is 3. The molecule has 0 aromatic heterocycles. The summed E-state index contributed by atoms with van der Waals surface area (Å²) >= 11 is 1.88. The molecule has 2 aliphatic rings. The Morgan fingerprint density at radius 1 is 1.17 bits per heavy atom. The van der Waals surface area contributed by atoms with E-state index >= 15 is 0 Å². The normalized spacial score (nSPS) is 20.0. The molecule has 0 atom stereocenters. The Bertz CT molecular complexity index is 622. The molecule has 0 unspecified atom stereocenters. The van der Waals surface area contributed by atoms with Gasteiger partial charge >= 0.3 is 0 Å². The first-order valence-corrected chi connectivity index (χ1v) is 9.60. The lowest BCUT2D eigenvalue weighted by Gasteiger charge is -2.43. The zero-order valence-electron chi connectivity index (χ0n) is 14.1. The maximum atomic E-state index is 12.7. The Kier molecular flexibility index (Phi) is 5.29. The van der Waals surface area contributed by atoms with Crippen LogP contribution in [-0.4, -0.2) is 51.9 Å². The maximum absolute atomic E-state index is 12.7. The van der Waals surface area contributed by atoms with E-state index in [9.17, 15) is 9.59 Å². The first-order chi connectivity index (χ1) is 11.6. The van der Waals surface area contributed by atoms with E-state index in [-0.39, 0.29) is 16.7 Å². The van der Waals surface area contributed by atoms with Crippen LogP contribution in [0.3, 0.4) is 0 Å². The van der Waals surface area contributed by atoms with Crippen LogP contribution in [0.2, 0.25) is 0 Å². The molecule has 0 radical (unpaired) electrons. The van der Waals surface area contributed by atoms with Crippen molar-refractivity contribution in [3.8, 4) is 0 Å². The second-order valence-corrected chi connectivity index (χ2v) is 7.72. The van der Waals surface area contributed by atoms with Gasteiger partial charge in [0.05, 0.1) is 4.87 Å². The maximum Gasteiger partial charge on any atom is 0.247 e. The van der Waals surface area contributed by atoms with Gasteiger partial charge < -0.3 is 9.80 Å². The molecular formula is C19H24N2O2S. The van der Waals surface area contributed by atoms with Crippen molar-refractivity contribution in [1.82, 2.24) is 9.80 Å². The smallest absolute Gasteiger partial charge is 0.247 e. The fraction of sp³-hybridized carbons (Fsp3) is 0.474. The van der Waals surface area contributed by atoms with Gasteiger partial charge in [0.1, 0.15) is 0 Å². The second kappa shape index (κ2) is 7.43. The van der Waals surface area contributed by atoms with Crippen LogP contribution in [0.25, 0.3) is 6.08 Å². The molecule has 0 saturated carbocycles. The van der Waals surface area contributed by atoms with Crippen molar-refractivity contribution in [2.45, 2.75) is 31.1 Å². The summed E-state index contributed by atoms with van der Waals surface area (Å²) in [5, 5.41) is 0. The van der Waals surface area contributed by atoms with Crippen molar-refractivity contribution in [1.29, 1.82) is 0 Å². The minimum atomic E-state index is -0.122. The van der Waals surface area contributed by atoms with Crippen LogP contribution in [-0.2, 0) is 9.59 Å². The van der Waals surface area contributed by atoms with E-state index in [0.717, 1.165) is 43.8 Å². The third-order valence-electron chi connectivity index (χ3n) is 4.86. The highest BCUT2D eigenvalue weighted by Crippen LogP contribution is 2.44. The molecule has 0 bridgehead atoms. The SMILES string of the molecule is CCC(=O)N1CCC2(CC1)SCCN2C(=O)C=Cc1ccccc1. The van der Waals surface area contributed by atoms with Gasteiger partial charge in [-0.15, -0.1) is 11.8 Å². The van der Waals surface area contributed by atoms with E-state index in [1.165, 1.54) is 0 Å². The van der Waals surface area contributed by atoms with E-state index in [0.29, 0.717) is 6.42 Å². The molecule has 128 valence electrons. The third kappa shape index (κ3) is 3.51. The molecule has 3 rings (SSSR count). The van der Waals surface area contributed by atoms with Gasteiger partial charge in [0.2, 0.25) is 11.8 Å². The quantitative estimate of drug-likeness (QED) is 0.792. The number of thioether (sulfide) groups is 1. The number of rotatable bonds is 3. The molecule has 1 aromatic carbocycles. The van der Waals surface area contributed by atoms with Crippen molar-refractivity contribution in [3.05, 3.63) is 42.0 Å². The molecule has 2 heterocycles. The van der Waals surface area contributed by atoms with E-state index in [2.05, 4.69) is 0 Å². The van der Waals surface area contributed by atoms with Crippen LogP contribution >= 0.6 is 11.8 Å². The molecule has 2 fully saturated rings. The monoisotopic (exact) mass is 344 g/mol. The average molecular weight is 344 g/mol. The molecule has 4 nitrogen and oxygen atoms in total. The average Bonchev–Trinajstić information content (AvgIpc) is 3.03. The van der Waals surface area contributed by atoms with Crippen LogP contribution in [0.1, 0.15) is 31.7 Å². The predicted molar refractivity (Wildman–Crippen MR) is 98.5 cm³/mol. The summed E-state index contributed by atoms with van der Waals surface area (Å²) in [5.41, 5.74) is 1.04. The molecule has 5 heteroatoms. The number of amides is 2. The zero-order valence-corrected chi connectivity index (χ0v) is 14.9. The van der Waals surface area contributed by atoms with Gasteiger partial charge in [-0.1, -0.05) is 37.3 Å². The third-order valence-corrected chi connectivity index (χ3v) is 6.41. The first kappa shape index (κ1) is 17.1. The molecule has 2 saturated heterocycles. The van der Waals surface area contributed by atoms with Gasteiger partial charge in [-0.25, -0.2) is 0 Å². The van der Waals surface area contributed by atoms with Crippen molar-refractivity contribution in [2.75, 3.05) is 25.4 Å². The number of hydrogen-bond donors (Lipinski definition) is 0. The number of carbonyl (C=O) groups excluding carboxylic acids is 2. The van der Waals surface area contributed by atoms with Crippen molar-refractivity contribution in [2.24, 2.45) is 0 Å². The minimum absolute atomic E-state index is 0.0825. The van der Waals surface area contributed by atoms with Crippen LogP contribution in [0, 0.1) is 0 Å². The standard InChI is InChI=1S/C19H24N2O2S/c1-2-17(22)20-12-10-19(11-13-20)21(14-15-24-19)18(23)9-8-16-6-4-3-5-7-16/h3-9H,2,10-15H2,1H3. The molecule has 1 spiro atoms. The summed E-state index contributed by atoms with van der Waals surface area (Å²) < 4.78 is 0. The highest BCUT2D eigenvalue weighted by atomic mass is 32.2. The van der Waals surface area contributed by atoms with E-state index < -0.39 is 0 Å². The minimum Gasteiger partial charge on any atom is -0.342 e.